The molecule has 0 aromatic heterocycles. The van der Waals surface area contributed by atoms with Crippen LogP contribution in [0.15, 0.2) is 30.3 Å². The van der Waals surface area contributed by atoms with Crippen molar-refractivity contribution in [1.29, 1.82) is 0 Å². The lowest BCUT2D eigenvalue weighted by Crippen LogP contribution is -2.19. The van der Waals surface area contributed by atoms with Crippen LogP contribution in [0.25, 0.3) is 0 Å². The molecule has 0 radical (unpaired) electrons. The number of aryl methyl sites for hydroxylation is 3. The van der Waals surface area contributed by atoms with Gasteiger partial charge in [-0.05, 0) is 67.9 Å². The summed E-state index contributed by atoms with van der Waals surface area (Å²) in [6, 6.07) is 8.44. The lowest BCUT2D eigenvalue weighted by molar-refractivity contribution is -0.0124. The Hall–Kier alpha value is -2.20. The molecule has 1 aliphatic heterocycles. The number of benzene rings is 2. The number of rotatable bonds is 3. The highest BCUT2D eigenvalue weighted by Crippen LogP contribution is 2.32. The van der Waals surface area contributed by atoms with Gasteiger partial charge in [-0.3, -0.25) is 0 Å². The van der Waals surface area contributed by atoms with Crippen LogP contribution < -0.4 is 4.74 Å². The maximum Gasteiger partial charge on any atom is 0.344 e. The zero-order valence-electron chi connectivity index (χ0n) is 15.8. The summed E-state index contributed by atoms with van der Waals surface area (Å²) in [5.74, 6) is -0.0427. The maximum absolute atomic E-state index is 13.7. The first-order chi connectivity index (χ1) is 12.3. The van der Waals surface area contributed by atoms with Crippen molar-refractivity contribution in [3.63, 3.8) is 0 Å². The summed E-state index contributed by atoms with van der Waals surface area (Å²) in [7, 11) is 0. The van der Waals surface area contributed by atoms with Crippen LogP contribution in [0.5, 0.6) is 5.75 Å². The van der Waals surface area contributed by atoms with E-state index in [-0.39, 0.29) is 17.7 Å². The molecule has 2 aromatic rings. The van der Waals surface area contributed by atoms with E-state index < -0.39 is 5.97 Å². The molecule has 2 aromatic carbocycles. The van der Waals surface area contributed by atoms with Crippen LogP contribution in [0, 0.1) is 32.5 Å². The van der Waals surface area contributed by atoms with E-state index in [2.05, 4.69) is 6.92 Å². The molecule has 0 aliphatic carbocycles. The van der Waals surface area contributed by atoms with Gasteiger partial charge in [-0.15, -0.1) is 0 Å². The summed E-state index contributed by atoms with van der Waals surface area (Å²) in [4.78, 5) is 12.6. The lowest BCUT2D eigenvalue weighted by Gasteiger charge is -2.28. The number of hydrogen-bond donors (Lipinski definition) is 0. The number of carbonyl (C=O) groups excluding carboxylic acids is 1. The fraction of sp³-hybridized carbons (Fsp3) is 0.409. The molecule has 3 rings (SSSR count). The first-order valence-electron chi connectivity index (χ1n) is 9.06. The van der Waals surface area contributed by atoms with Crippen molar-refractivity contribution in [2.24, 2.45) is 5.92 Å². The minimum absolute atomic E-state index is 0.0832. The maximum atomic E-state index is 13.7. The molecule has 1 aliphatic rings. The molecule has 4 heteroatoms. The van der Waals surface area contributed by atoms with Crippen LogP contribution in [0.4, 0.5) is 4.39 Å². The predicted octanol–water partition coefficient (Wildman–Crippen LogP) is 5.46. The van der Waals surface area contributed by atoms with Gasteiger partial charge in [-0.25, -0.2) is 9.18 Å². The van der Waals surface area contributed by atoms with Crippen LogP contribution in [0.1, 0.15) is 58.5 Å². The van der Waals surface area contributed by atoms with E-state index >= 15 is 0 Å². The third-order valence-corrected chi connectivity index (χ3v) is 4.99. The van der Waals surface area contributed by atoms with E-state index in [1.54, 1.807) is 19.1 Å². The Morgan fingerprint density at radius 2 is 1.77 bits per heavy atom. The third-order valence-electron chi connectivity index (χ3n) is 4.99. The molecule has 2 atom stereocenters. The molecular formula is C22H25FO3. The first-order valence-corrected chi connectivity index (χ1v) is 9.06. The normalized spacial score (nSPS) is 20.0. The SMILES string of the molecule is Cc1ccc(OC(=O)c2c(C)cc(C3CCC(C)CO3)cc2C)cc1F. The zero-order chi connectivity index (χ0) is 18.8. The predicted molar refractivity (Wildman–Crippen MR) is 99.1 cm³/mol. The molecule has 0 saturated carbocycles. The largest absolute Gasteiger partial charge is 0.423 e. The van der Waals surface area contributed by atoms with Gasteiger partial charge in [-0.1, -0.05) is 25.1 Å². The molecular weight excluding hydrogens is 331 g/mol. The van der Waals surface area contributed by atoms with E-state index in [9.17, 15) is 9.18 Å². The van der Waals surface area contributed by atoms with Gasteiger partial charge in [0.2, 0.25) is 0 Å². The molecule has 1 fully saturated rings. The van der Waals surface area contributed by atoms with Crippen LogP contribution >= 0.6 is 0 Å². The second-order valence-electron chi connectivity index (χ2n) is 7.33. The summed E-state index contributed by atoms with van der Waals surface area (Å²) in [5.41, 5.74) is 3.84. The first kappa shape index (κ1) is 18.6. The number of carbonyl (C=O) groups is 1. The average Bonchev–Trinajstić information content (AvgIpc) is 2.58. The molecule has 0 bridgehead atoms. The van der Waals surface area contributed by atoms with Gasteiger partial charge < -0.3 is 9.47 Å². The second kappa shape index (κ2) is 7.58. The highest BCUT2D eigenvalue weighted by molar-refractivity contribution is 5.94. The molecule has 0 amide bonds. The Bertz CT molecular complexity index is 797. The molecule has 3 nitrogen and oxygen atoms in total. The Kier molecular flexibility index (Phi) is 5.42. The zero-order valence-corrected chi connectivity index (χ0v) is 15.8. The monoisotopic (exact) mass is 356 g/mol. The minimum Gasteiger partial charge on any atom is -0.423 e. The van der Waals surface area contributed by atoms with Crippen molar-refractivity contribution >= 4 is 5.97 Å². The summed E-state index contributed by atoms with van der Waals surface area (Å²) < 4.78 is 25.0. The van der Waals surface area contributed by atoms with Crippen LogP contribution in [0.2, 0.25) is 0 Å². The number of esters is 1. The average molecular weight is 356 g/mol. The Balaban J connectivity index is 1.81. The smallest absolute Gasteiger partial charge is 0.344 e. The van der Waals surface area contributed by atoms with Crippen molar-refractivity contribution in [2.75, 3.05) is 6.61 Å². The van der Waals surface area contributed by atoms with Crippen molar-refractivity contribution in [3.8, 4) is 5.75 Å². The lowest BCUT2D eigenvalue weighted by atomic mass is 9.92. The summed E-state index contributed by atoms with van der Waals surface area (Å²) >= 11 is 0. The number of halogens is 1. The molecule has 138 valence electrons. The Labute approximate surface area is 154 Å². The molecule has 2 unspecified atom stereocenters. The molecule has 0 spiro atoms. The van der Waals surface area contributed by atoms with E-state index in [1.165, 1.54) is 6.07 Å². The van der Waals surface area contributed by atoms with E-state index in [1.807, 2.05) is 26.0 Å². The van der Waals surface area contributed by atoms with Gasteiger partial charge in [0, 0.05) is 12.7 Å². The molecule has 0 N–H and O–H groups in total. The van der Waals surface area contributed by atoms with Crippen molar-refractivity contribution in [1.82, 2.24) is 0 Å². The standard InChI is InChI=1S/C22H25FO3/c1-13-5-8-20(25-12-13)17-9-15(3)21(16(4)10-17)22(24)26-18-7-6-14(2)19(23)11-18/h6-7,9-11,13,20H,5,8,12H2,1-4H3. The molecule has 26 heavy (non-hydrogen) atoms. The topological polar surface area (TPSA) is 35.5 Å². The van der Waals surface area contributed by atoms with Crippen molar-refractivity contribution in [2.45, 2.75) is 46.6 Å². The van der Waals surface area contributed by atoms with Gasteiger partial charge in [-0.2, -0.15) is 0 Å². The van der Waals surface area contributed by atoms with E-state index in [0.29, 0.717) is 17.0 Å². The Morgan fingerprint density at radius 3 is 2.35 bits per heavy atom. The highest BCUT2D eigenvalue weighted by Gasteiger charge is 2.23. The van der Waals surface area contributed by atoms with Crippen LogP contribution in [0.3, 0.4) is 0 Å². The van der Waals surface area contributed by atoms with E-state index in [0.717, 1.165) is 36.1 Å². The molecule has 1 heterocycles. The minimum atomic E-state index is -0.465. The van der Waals surface area contributed by atoms with Crippen LogP contribution in [-0.2, 0) is 4.74 Å². The highest BCUT2D eigenvalue weighted by atomic mass is 19.1. The summed E-state index contributed by atoms with van der Waals surface area (Å²) in [5, 5.41) is 0. The van der Waals surface area contributed by atoms with E-state index in [4.69, 9.17) is 9.47 Å². The van der Waals surface area contributed by atoms with Gasteiger partial charge in [0.15, 0.2) is 0 Å². The number of ether oxygens (including phenoxy) is 2. The van der Waals surface area contributed by atoms with Gasteiger partial charge in [0.1, 0.15) is 11.6 Å². The van der Waals surface area contributed by atoms with Gasteiger partial charge in [0.05, 0.1) is 11.7 Å². The Morgan fingerprint density at radius 1 is 1.08 bits per heavy atom. The molecule has 1 saturated heterocycles. The quantitative estimate of drug-likeness (QED) is 0.541. The van der Waals surface area contributed by atoms with Crippen molar-refractivity contribution in [3.05, 3.63) is 64.0 Å². The second-order valence-corrected chi connectivity index (χ2v) is 7.33. The summed E-state index contributed by atoms with van der Waals surface area (Å²) in [6.45, 7) is 8.43. The summed E-state index contributed by atoms with van der Waals surface area (Å²) in [6.07, 6.45) is 2.22. The fourth-order valence-corrected chi connectivity index (χ4v) is 3.45. The third kappa shape index (κ3) is 3.96. The number of hydrogen-bond acceptors (Lipinski definition) is 3. The van der Waals surface area contributed by atoms with Gasteiger partial charge >= 0.3 is 5.97 Å². The fourth-order valence-electron chi connectivity index (χ4n) is 3.45. The van der Waals surface area contributed by atoms with Gasteiger partial charge in [0.25, 0.3) is 0 Å². The van der Waals surface area contributed by atoms with Crippen molar-refractivity contribution < 1.29 is 18.7 Å². The van der Waals surface area contributed by atoms with Crippen LogP contribution in [-0.4, -0.2) is 12.6 Å².